The summed E-state index contributed by atoms with van der Waals surface area (Å²) in [5, 5.41) is 15.9. The summed E-state index contributed by atoms with van der Waals surface area (Å²) in [6, 6.07) is 19.7. The molecule has 0 saturated heterocycles. The van der Waals surface area contributed by atoms with Gasteiger partial charge in [-0.15, -0.1) is 0 Å². The molecule has 2 aliphatic rings. The Kier molecular flexibility index (Phi) is 3.95. The van der Waals surface area contributed by atoms with Crippen LogP contribution in [0.15, 0.2) is 78.6 Å². The van der Waals surface area contributed by atoms with Crippen LogP contribution in [0.5, 0.6) is 11.5 Å². The molecule has 31 heavy (non-hydrogen) atoms. The summed E-state index contributed by atoms with van der Waals surface area (Å²) in [5.74, 6) is 2.19. The summed E-state index contributed by atoms with van der Waals surface area (Å²) < 4.78 is 13.7. The van der Waals surface area contributed by atoms with Crippen molar-refractivity contribution >= 4 is 11.6 Å². The fraction of sp³-hybridized carbons (Fsp3) is 0.130. The first-order valence-corrected chi connectivity index (χ1v) is 9.92. The zero-order valence-corrected chi connectivity index (χ0v) is 16.6. The maximum atomic E-state index is 6.54. The molecule has 1 N–H and O–H groups in total. The number of nitrogens with zero attached hydrogens (tertiary/aromatic N) is 5. The smallest absolute Gasteiger partial charge is 0.248 e. The number of fused-ring (bicyclic) bond motifs is 3. The molecular formula is C23H18N6O2. The first kappa shape index (κ1) is 17.6. The number of benzene rings is 2. The van der Waals surface area contributed by atoms with E-state index in [0.29, 0.717) is 5.95 Å². The topological polar surface area (TPSA) is 87.0 Å². The van der Waals surface area contributed by atoms with Crippen molar-refractivity contribution in [3.05, 3.63) is 95.3 Å². The minimum absolute atomic E-state index is 0.251. The maximum Gasteiger partial charge on any atom is 0.248 e. The van der Waals surface area contributed by atoms with Gasteiger partial charge in [0.15, 0.2) is 0 Å². The molecule has 152 valence electrons. The quantitative estimate of drug-likeness (QED) is 0.552. The third-order valence-corrected chi connectivity index (χ3v) is 5.68. The molecule has 6 rings (SSSR count). The van der Waals surface area contributed by atoms with E-state index >= 15 is 0 Å². The lowest BCUT2D eigenvalue weighted by molar-refractivity contribution is 0.222. The highest BCUT2D eigenvalue weighted by Gasteiger charge is 2.41. The van der Waals surface area contributed by atoms with Gasteiger partial charge >= 0.3 is 0 Å². The van der Waals surface area contributed by atoms with Gasteiger partial charge in [-0.05, 0) is 58.0 Å². The number of ether oxygens (including phenoxy) is 2. The average molecular weight is 410 g/mol. The Morgan fingerprint density at radius 2 is 1.77 bits per heavy atom. The van der Waals surface area contributed by atoms with Crippen molar-refractivity contribution in [1.82, 2.24) is 25.2 Å². The number of methoxy groups -OCH3 is 1. The van der Waals surface area contributed by atoms with Crippen molar-refractivity contribution in [3.8, 4) is 11.5 Å². The zero-order valence-electron chi connectivity index (χ0n) is 16.6. The molecule has 8 nitrogen and oxygen atoms in total. The van der Waals surface area contributed by atoms with Gasteiger partial charge in [0, 0.05) is 23.5 Å². The number of anilines is 1. The first-order chi connectivity index (χ1) is 15.3. The average Bonchev–Trinajstić information content (AvgIpc) is 3.31. The van der Waals surface area contributed by atoms with Crippen LogP contribution in [0.4, 0.5) is 5.95 Å². The minimum Gasteiger partial charge on any atom is -0.497 e. The highest BCUT2D eigenvalue weighted by molar-refractivity contribution is 5.85. The summed E-state index contributed by atoms with van der Waals surface area (Å²) in [4.78, 5) is 4.17. The summed E-state index contributed by atoms with van der Waals surface area (Å²) in [6.45, 7) is 0. The number of para-hydroxylation sites is 1. The lowest BCUT2D eigenvalue weighted by Crippen LogP contribution is -2.32. The number of tetrazole rings is 1. The van der Waals surface area contributed by atoms with Gasteiger partial charge in [0.25, 0.3) is 0 Å². The van der Waals surface area contributed by atoms with E-state index in [4.69, 9.17) is 9.47 Å². The van der Waals surface area contributed by atoms with Crippen molar-refractivity contribution in [2.24, 2.45) is 0 Å². The van der Waals surface area contributed by atoms with Gasteiger partial charge in [0.1, 0.15) is 23.6 Å². The molecule has 2 aromatic heterocycles. The van der Waals surface area contributed by atoms with E-state index in [1.165, 1.54) is 0 Å². The molecule has 0 saturated carbocycles. The number of hydrogen-bond donors (Lipinski definition) is 1. The molecule has 2 aromatic carbocycles. The zero-order chi connectivity index (χ0) is 20.8. The van der Waals surface area contributed by atoms with Gasteiger partial charge in [0.05, 0.1) is 12.8 Å². The summed E-state index contributed by atoms with van der Waals surface area (Å²) in [7, 11) is 1.66. The number of rotatable bonds is 3. The van der Waals surface area contributed by atoms with E-state index in [-0.39, 0.29) is 12.1 Å². The van der Waals surface area contributed by atoms with Crippen LogP contribution in [0.3, 0.4) is 0 Å². The summed E-state index contributed by atoms with van der Waals surface area (Å²) >= 11 is 0. The Morgan fingerprint density at radius 3 is 2.58 bits per heavy atom. The molecule has 0 fully saturated rings. The highest BCUT2D eigenvalue weighted by Crippen LogP contribution is 2.50. The second-order valence-electron chi connectivity index (χ2n) is 7.35. The highest BCUT2D eigenvalue weighted by atomic mass is 16.5. The molecule has 0 spiro atoms. The number of pyridine rings is 1. The monoisotopic (exact) mass is 410 g/mol. The Bertz CT molecular complexity index is 1280. The van der Waals surface area contributed by atoms with Crippen LogP contribution in [0.2, 0.25) is 0 Å². The largest absolute Gasteiger partial charge is 0.497 e. The molecule has 4 aromatic rings. The van der Waals surface area contributed by atoms with Gasteiger partial charge in [-0.2, -0.15) is 4.68 Å². The fourth-order valence-electron chi connectivity index (χ4n) is 4.26. The van der Waals surface area contributed by atoms with Crippen LogP contribution in [-0.4, -0.2) is 32.3 Å². The van der Waals surface area contributed by atoms with Crippen LogP contribution < -0.4 is 14.8 Å². The standard InChI is InChI=1S/C23H18N6O2/c1-30-16-8-6-14(7-9-16)21-19-20(25-23-26-27-28-29(21)23)17-4-2-3-5-18(17)31-22(19)15-10-12-24-13-11-15/h2-13,21-22H,1H3,(H,25,26,28). The molecule has 0 bridgehead atoms. The fourth-order valence-corrected chi connectivity index (χ4v) is 4.26. The molecule has 0 amide bonds. The summed E-state index contributed by atoms with van der Waals surface area (Å²) in [5.41, 5.74) is 5.02. The molecule has 0 radical (unpaired) electrons. The second-order valence-corrected chi connectivity index (χ2v) is 7.35. The number of hydrogen-bond acceptors (Lipinski definition) is 7. The van der Waals surface area contributed by atoms with Crippen molar-refractivity contribution in [1.29, 1.82) is 0 Å². The first-order valence-electron chi connectivity index (χ1n) is 9.92. The lowest BCUT2D eigenvalue weighted by Gasteiger charge is -2.38. The normalized spacial score (nSPS) is 18.9. The van der Waals surface area contributed by atoms with Crippen LogP contribution in [0.25, 0.3) is 5.70 Å². The molecular weight excluding hydrogens is 392 g/mol. The third-order valence-electron chi connectivity index (χ3n) is 5.68. The van der Waals surface area contributed by atoms with Crippen molar-refractivity contribution in [3.63, 3.8) is 0 Å². The van der Waals surface area contributed by atoms with Gasteiger partial charge in [-0.3, -0.25) is 4.98 Å². The Hall–Kier alpha value is -4.20. The second kappa shape index (κ2) is 6.94. The van der Waals surface area contributed by atoms with Gasteiger partial charge in [0.2, 0.25) is 5.95 Å². The van der Waals surface area contributed by atoms with Gasteiger partial charge < -0.3 is 14.8 Å². The van der Waals surface area contributed by atoms with E-state index < -0.39 is 0 Å². The Balaban J connectivity index is 1.61. The van der Waals surface area contributed by atoms with Gasteiger partial charge in [-0.1, -0.05) is 29.4 Å². The van der Waals surface area contributed by atoms with Gasteiger partial charge in [-0.25, -0.2) is 0 Å². The molecule has 2 unspecified atom stereocenters. The van der Waals surface area contributed by atoms with Crippen LogP contribution in [0.1, 0.15) is 28.8 Å². The molecule has 4 heterocycles. The van der Waals surface area contributed by atoms with E-state index in [0.717, 1.165) is 39.5 Å². The van der Waals surface area contributed by atoms with E-state index in [9.17, 15) is 0 Å². The van der Waals surface area contributed by atoms with Crippen LogP contribution in [-0.2, 0) is 0 Å². The predicted octanol–water partition coefficient (Wildman–Crippen LogP) is 3.64. The third kappa shape index (κ3) is 2.76. The lowest BCUT2D eigenvalue weighted by atomic mass is 9.85. The van der Waals surface area contributed by atoms with Crippen LogP contribution in [0, 0.1) is 0 Å². The van der Waals surface area contributed by atoms with E-state index in [1.807, 2.05) is 60.7 Å². The SMILES string of the molecule is COc1ccc(C2C3=C(Nc4nnnn42)c2ccccc2OC3c2ccncc2)cc1. The van der Waals surface area contributed by atoms with E-state index in [2.05, 4.69) is 25.8 Å². The van der Waals surface area contributed by atoms with Crippen molar-refractivity contribution in [2.75, 3.05) is 12.4 Å². The summed E-state index contributed by atoms with van der Waals surface area (Å²) in [6.07, 6.45) is 3.23. The van der Waals surface area contributed by atoms with E-state index in [1.54, 1.807) is 24.2 Å². The number of nitrogens with one attached hydrogen (secondary N) is 1. The van der Waals surface area contributed by atoms with Crippen molar-refractivity contribution < 1.29 is 9.47 Å². The minimum atomic E-state index is -0.329. The van der Waals surface area contributed by atoms with Crippen molar-refractivity contribution in [2.45, 2.75) is 12.1 Å². The predicted molar refractivity (Wildman–Crippen MR) is 114 cm³/mol. The Labute approximate surface area is 178 Å². The van der Waals surface area contributed by atoms with Crippen LogP contribution >= 0.6 is 0 Å². The number of aromatic nitrogens is 5. The molecule has 2 atom stereocenters. The Morgan fingerprint density at radius 1 is 0.968 bits per heavy atom. The molecule has 8 heteroatoms. The maximum absolute atomic E-state index is 6.54. The molecule has 2 aliphatic heterocycles. The molecule has 0 aliphatic carbocycles.